The number of benzene rings is 2. The van der Waals surface area contributed by atoms with Gasteiger partial charge in [-0.1, -0.05) is 60.3 Å². The highest BCUT2D eigenvalue weighted by molar-refractivity contribution is 8.16. The molecule has 0 aliphatic carbocycles. The van der Waals surface area contributed by atoms with Crippen molar-refractivity contribution < 1.29 is 18.7 Å². The number of nitrogens with one attached hydrogen (secondary N) is 1. The summed E-state index contributed by atoms with van der Waals surface area (Å²) in [5, 5.41) is 7.48. The molecule has 37 heavy (non-hydrogen) atoms. The van der Waals surface area contributed by atoms with Crippen LogP contribution >= 0.6 is 23.1 Å². The summed E-state index contributed by atoms with van der Waals surface area (Å²) in [4.78, 5) is 33.8. The molecule has 1 amide bonds. The van der Waals surface area contributed by atoms with Gasteiger partial charge in [-0.15, -0.1) is 11.3 Å². The number of amidine groups is 1. The number of rotatable bonds is 8. The van der Waals surface area contributed by atoms with Gasteiger partial charge in [0.2, 0.25) is 5.91 Å². The molecule has 9 heteroatoms. The average molecular weight is 534 g/mol. The number of fused-ring (bicyclic) bond motifs is 1. The lowest BCUT2D eigenvalue weighted by Gasteiger charge is -2.35. The van der Waals surface area contributed by atoms with Gasteiger partial charge in [0.05, 0.1) is 17.7 Å². The van der Waals surface area contributed by atoms with E-state index in [0.717, 1.165) is 26.9 Å². The predicted molar refractivity (Wildman–Crippen MR) is 144 cm³/mol. The van der Waals surface area contributed by atoms with Crippen LogP contribution in [0.25, 0.3) is 0 Å². The van der Waals surface area contributed by atoms with Crippen LogP contribution in [0.5, 0.6) is 0 Å². The number of carbonyl (C=O) groups excluding carboxylic acids is 2. The second-order valence-corrected chi connectivity index (χ2v) is 10.4. The third-order valence-electron chi connectivity index (χ3n) is 5.99. The summed E-state index contributed by atoms with van der Waals surface area (Å²) in [6.07, 6.45) is 0.112. The number of allylic oxidation sites excluding steroid dienone is 1. The van der Waals surface area contributed by atoms with Crippen LogP contribution < -0.4 is 5.32 Å². The van der Waals surface area contributed by atoms with Gasteiger partial charge >= 0.3 is 5.97 Å². The standard InChI is InChI=1S/C28H24FN3O3S2/c1-18-25(27(34)35-16-20-6-3-2-4-7-20)26(23-8-5-13-36-23)32-22(17-37-28(32)31-18)14-24(33)30-15-19-9-11-21(29)12-10-19/h2-13,17,26H,14-16H2,1H3,(H,30,33). The van der Waals surface area contributed by atoms with E-state index < -0.39 is 12.0 Å². The fourth-order valence-electron chi connectivity index (χ4n) is 4.18. The molecule has 1 aromatic heterocycles. The zero-order valence-corrected chi connectivity index (χ0v) is 21.7. The Balaban J connectivity index is 1.34. The van der Waals surface area contributed by atoms with Crippen molar-refractivity contribution in [2.75, 3.05) is 0 Å². The van der Waals surface area contributed by atoms with Gasteiger partial charge in [-0.2, -0.15) is 0 Å². The smallest absolute Gasteiger partial charge is 0.338 e. The number of hydrogen-bond donors (Lipinski definition) is 1. The van der Waals surface area contributed by atoms with Crippen LogP contribution in [-0.4, -0.2) is 21.9 Å². The second kappa shape index (κ2) is 11.1. The van der Waals surface area contributed by atoms with Crippen LogP contribution in [0, 0.1) is 5.82 Å². The number of esters is 1. The molecule has 0 saturated heterocycles. The van der Waals surface area contributed by atoms with Crippen molar-refractivity contribution in [1.82, 2.24) is 10.2 Å². The van der Waals surface area contributed by atoms with E-state index in [1.807, 2.05) is 65.1 Å². The minimum atomic E-state index is -0.443. The maximum atomic E-state index is 13.4. The van der Waals surface area contributed by atoms with E-state index in [4.69, 9.17) is 9.73 Å². The summed E-state index contributed by atoms with van der Waals surface area (Å²) >= 11 is 2.97. The monoisotopic (exact) mass is 533 g/mol. The molecule has 0 bridgehead atoms. The van der Waals surface area contributed by atoms with Crippen LogP contribution in [0.3, 0.4) is 0 Å². The second-order valence-electron chi connectivity index (χ2n) is 8.55. The fraction of sp³-hybridized carbons (Fsp3) is 0.179. The molecule has 1 N–H and O–H groups in total. The van der Waals surface area contributed by atoms with Crippen LogP contribution in [-0.2, 0) is 27.5 Å². The lowest BCUT2D eigenvalue weighted by atomic mass is 9.99. The van der Waals surface area contributed by atoms with Crippen molar-refractivity contribution in [3.8, 4) is 0 Å². The van der Waals surface area contributed by atoms with E-state index in [-0.39, 0.29) is 24.8 Å². The summed E-state index contributed by atoms with van der Waals surface area (Å²) in [6, 6.07) is 19.0. The van der Waals surface area contributed by atoms with Gasteiger partial charge in [0, 0.05) is 17.1 Å². The number of aliphatic imine (C=N–C) groups is 1. The van der Waals surface area contributed by atoms with Gasteiger partial charge in [0.15, 0.2) is 5.17 Å². The number of thioether (sulfide) groups is 1. The maximum Gasteiger partial charge on any atom is 0.338 e. The number of thiophene rings is 1. The molecule has 0 saturated carbocycles. The lowest BCUT2D eigenvalue weighted by molar-refractivity contribution is -0.141. The molecule has 2 aliphatic heterocycles. The number of halogens is 1. The van der Waals surface area contributed by atoms with Crippen LogP contribution in [0.4, 0.5) is 4.39 Å². The first-order chi connectivity index (χ1) is 18.0. The molecular weight excluding hydrogens is 509 g/mol. The Labute approximate surface area is 222 Å². The van der Waals surface area contributed by atoms with Crippen molar-refractivity contribution in [1.29, 1.82) is 0 Å². The normalized spacial score (nSPS) is 16.7. The Kier molecular flexibility index (Phi) is 7.52. The van der Waals surface area contributed by atoms with Gasteiger partial charge < -0.3 is 15.0 Å². The number of carbonyl (C=O) groups is 2. The molecule has 1 atom stereocenters. The maximum absolute atomic E-state index is 13.4. The molecule has 188 valence electrons. The molecule has 6 nitrogen and oxygen atoms in total. The average Bonchev–Trinajstić information content (AvgIpc) is 3.57. The molecular formula is C28H24FN3O3S2. The summed E-state index contributed by atoms with van der Waals surface area (Å²) < 4.78 is 18.9. The zero-order valence-electron chi connectivity index (χ0n) is 20.0. The van der Waals surface area contributed by atoms with E-state index in [1.165, 1.54) is 35.2 Å². The highest BCUT2D eigenvalue weighted by atomic mass is 32.2. The largest absolute Gasteiger partial charge is 0.457 e. The molecule has 2 aliphatic rings. The van der Waals surface area contributed by atoms with E-state index in [9.17, 15) is 14.0 Å². The summed E-state index contributed by atoms with van der Waals surface area (Å²) in [6.45, 7) is 2.27. The third kappa shape index (κ3) is 5.68. The van der Waals surface area contributed by atoms with Gasteiger partial charge in [-0.3, -0.25) is 4.79 Å². The summed E-state index contributed by atoms with van der Waals surface area (Å²) in [5.41, 5.74) is 3.52. The lowest BCUT2D eigenvalue weighted by Crippen LogP contribution is -2.37. The topological polar surface area (TPSA) is 71.0 Å². The molecule has 5 rings (SSSR count). The molecule has 0 radical (unpaired) electrons. The van der Waals surface area contributed by atoms with Crippen molar-refractivity contribution in [3.63, 3.8) is 0 Å². The van der Waals surface area contributed by atoms with Gasteiger partial charge in [0.1, 0.15) is 18.5 Å². The molecule has 3 heterocycles. The minimum absolute atomic E-state index is 0.112. The van der Waals surface area contributed by atoms with E-state index in [2.05, 4.69) is 5.32 Å². The third-order valence-corrected chi connectivity index (χ3v) is 7.80. The molecule has 0 spiro atoms. The van der Waals surface area contributed by atoms with Crippen LogP contribution in [0.2, 0.25) is 0 Å². The quantitative estimate of drug-likeness (QED) is 0.365. The Hall–Kier alpha value is -3.69. The minimum Gasteiger partial charge on any atom is -0.457 e. The first-order valence-corrected chi connectivity index (χ1v) is 13.5. The fourth-order valence-corrected chi connectivity index (χ4v) is 5.97. The predicted octanol–water partition coefficient (Wildman–Crippen LogP) is 5.91. The number of ether oxygens (including phenoxy) is 1. The first kappa shape index (κ1) is 25.0. The Morgan fingerprint density at radius 3 is 2.57 bits per heavy atom. The Morgan fingerprint density at radius 2 is 1.84 bits per heavy atom. The van der Waals surface area contributed by atoms with E-state index >= 15 is 0 Å². The van der Waals surface area contributed by atoms with Crippen molar-refractivity contribution in [3.05, 3.63) is 116 Å². The van der Waals surface area contributed by atoms with Crippen molar-refractivity contribution in [2.45, 2.75) is 32.5 Å². The highest BCUT2D eigenvalue weighted by Crippen LogP contribution is 2.45. The highest BCUT2D eigenvalue weighted by Gasteiger charge is 2.41. The summed E-state index contributed by atoms with van der Waals surface area (Å²) in [7, 11) is 0. The van der Waals surface area contributed by atoms with Crippen LogP contribution in [0.1, 0.15) is 35.4 Å². The van der Waals surface area contributed by atoms with Gasteiger partial charge in [-0.05, 0) is 47.0 Å². The number of nitrogens with zero attached hydrogens (tertiary/aromatic N) is 2. The van der Waals surface area contributed by atoms with Crippen LogP contribution in [0.15, 0.2) is 99.5 Å². The molecule has 0 fully saturated rings. The molecule has 2 aromatic carbocycles. The SMILES string of the molecule is CC1=C(C(=O)OCc2ccccc2)C(c2cccs2)N2C(CC(=O)NCc3ccc(F)cc3)=CSC2=N1. The van der Waals surface area contributed by atoms with E-state index in [0.29, 0.717) is 17.8 Å². The first-order valence-electron chi connectivity index (χ1n) is 11.7. The van der Waals surface area contributed by atoms with Gasteiger partial charge in [0.25, 0.3) is 0 Å². The van der Waals surface area contributed by atoms with Crippen molar-refractivity contribution >= 4 is 40.1 Å². The number of amides is 1. The Bertz CT molecular complexity index is 1380. The molecule has 3 aromatic rings. The summed E-state index contributed by atoms with van der Waals surface area (Å²) in [5.74, 6) is -0.928. The zero-order chi connectivity index (χ0) is 25.8. The molecule has 1 unspecified atom stereocenters. The number of hydrogen-bond acceptors (Lipinski definition) is 7. The Morgan fingerprint density at radius 1 is 1.05 bits per heavy atom. The van der Waals surface area contributed by atoms with Crippen molar-refractivity contribution in [2.24, 2.45) is 4.99 Å². The van der Waals surface area contributed by atoms with Gasteiger partial charge in [-0.25, -0.2) is 14.2 Å². The van der Waals surface area contributed by atoms with E-state index in [1.54, 1.807) is 12.1 Å².